The zero-order chi connectivity index (χ0) is 24.5. The van der Waals surface area contributed by atoms with Crippen molar-refractivity contribution < 1.29 is 31.4 Å². The summed E-state index contributed by atoms with van der Waals surface area (Å²) in [7, 11) is -3.49. The lowest BCUT2D eigenvalue weighted by Crippen LogP contribution is -2.26. The molecule has 1 aromatic heterocycles. The first-order chi connectivity index (χ1) is 16.0. The van der Waals surface area contributed by atoms with Crippen LogP contribution >= 0.6 is 11.6 Å². The van der Waals surface area contributed by atoms with Gasteiger partial charge in [0.25, 0.3) is 0 Å². The van der Waals surface area contributed by atoms with Crippen molar-refractivity contribution in [2.45, 2.75) is 30.4 Å². The predicted molar refractivity (Wildman–Crippen MR) is 121 cm³/mol. The van der Waals surface area contributed by atoms with E-state index in [1.165, 1.54) is 30.3 Å². The Bertz CT molecular complexity index is 1280. The maximum absolute atomic E-state index is 12.9. The van der Waals surface area contributed by atoms with Crippen LogP contribution in [0.4, 0.5) is 18.9 Å². The van der Waals surface area contributed by atoms with Crippen LogP contribution in [0.15, 0.2) is 36.4 Å². The van der Waals surface area contributed by atoms with E-state index in [2.05, 4.69) is 15.1 Å². The van der Waals surface area contributed by atoms with Crippen LogP contribution in [0.3, 0.4) is 0 Å². The first-order valence-corrected chi connectivity index (χ1v) is 12.3. The Kier molecular flexibility index (Phi) is 6.94. The smallest absolute Gasteiger partial charge is 0.433 e. The number of aromatic amines is 1. The van der Waals surface area contributed by atoms with E-state index in [0.717, 1.165) is 0 Å². The Morgan fingerprint density at radius 2 is 2.00 bits per heavy atom. The number of anilines is 1. The minimum atomic E-state index is -4.52. The molecule has 0 unspecified atom stereocenters. The highest BCUT2D eigenvalue weighted by Crippen LogP contribution is 2.34. The molecule has 0 aliphatic heterocycles. The molecule has 34 heavy (non-hydrogen) atoms. The minimum absolute atomic E-state index is 0.0390. The van der Waals surface area contributed by atoms with E-state index < -0.39 is 33.2 Å². The summed E-state index contributed by atoms with van der Waals surface area (Å²) in [6.07, 6.45) is -4.21. The number of rotatable bonds is 10. The summed E-state index contributed by atoms with van der Waals surface area (Å²) in [5, 5.41) is 18.9. The summed E-state index contributed by atoms with van der Waals surface area (Å²) in [4.78, 5) is 0. The maximum Gasteiger partial charge on any atom is 0.433 e. The molecule has 0 bridgehead atoms. The highest BCUT2D eigenvalue weighted by Gasteiger charge is 2.36. The summed E-state index contributed by atoms with van der Waals surface area (Å²) in [6, 6.07) is 8.76. The SMILES string of the molecule is O=S(=O)(Nc1cc([C@@H](O)CNCCOc2ccc3c(C(F)(F)F)[nH]nc3c2)ccc1Cl)C1CC1. The molecule has 3 aromatic rings. The summed E-state index contributed by atoms with van der Waals surface area (Å²) in [5.41, 5.74) is -0.0638. The molecule has 1 heterocycles. The van der Waals surface area contributed by atoms with Gasteiger partial charge < -0.3 is 15.2 Å². The van der Waals surface area contributed by atoms with E-state index in [0.29, 0.717) is 30.7 Å². The number of fused-ring (bicyclic) bond motifs is 1. The van der Waals surface area contributed by atoms with Crippen molar-refractivity contribution >= 4 is 38.2 Å². The molecule has 1 saturated carbocycles. The Hall–Kier alpha value is -2.54. The van der Waals surface area contributed by atoms with Gasteiger partial charge in [0.05, 0.1) is 27.6 Å². The van der Waals surface area contributed by atoms with E-state index in [4.69, 9.17) is 16.3 Å². The van der Waals surface area contributed by atoms with Crippen LogP contribution < -0.4 is 14.8 Å². The van der Waals surface area contributed by atoms with Crippen LogP contribution in [0.5, 0.6) is 5.75 Å². The molecule has 0 radical (unpaired) electrons. The number of hydrogen-bond acceptors (Lipinski definition) is 6. The quantitative estimate of drug-likeness (QED) is 0.303. The molecule has 0 amide bonds. The number of aliphatic hydroxyl groups is 1. The molecular weight excluding hydrogens is 497 g/mol. The molecule has 13 heteroatoms. The first kappa shape index (κ1) is 24.6. The number of H-pyrrole nitrogens is 1. The van der Waals surface area contributed by atoms with Crippen LogP contribution in [-0.2, 0) is 16.2 Å². The fraction of sp³-hybridized carbons (Fsp3) is 0.381. The van der Waals surface area contributed by atoms with E-state index in [9.17, 15) is 26.7 Å². The van der Waals surface area contributed by atoms with Gasteiger partial charge in [-0.05, 0) is 42.7 Å². The average molecular weight is 519 g/mol. The largest absolute Gasteiger partial charge is 0.492 e. The Labute approximate surface area is 198 Å². The van der Waals surface area contributed by atoms with Crippen molar-refractivity contribution in [3.8, 4) is 5.75 Å². The number of alkyl halides is 3. The van der Waals surface area contributed by atoms with E-state index in [-0.39, 0.29) is 34.8 Å². The zero-order valence-electron chi connectivity index (χ0n) is 17.7. The van der Waals surface area contributed by atoms with Gasteiger partial charge in [0.1, 0.15) is 18.1 Å². The molecule has 8 nitrogen and oxygen atoms in total. The highest BCUT2D eigenvalue weighted by atomic mass is 35.5. The second kappa shape index (κ2) is 9.61. The molecule has 4 rings (SSSR count). The lowest BCUT2D eigenvalue weighted by atomic mass is 10.1. The summed E-state index contributed by atoms with van der Waals surface area (Å²) >= 11 is 6.09. The third kappa shape index (κ3) is 5.74. The van der Waals surface area contributed by atoms with Gasteiger partial charge in [-0.15, -0.1) is 0 Å². The number of ether oxygens (including phenoxy) is 1. The fourth-order valence-corrected chi connectivity index (χ4v) is 4.96. The second-order valence-corrected chi connectivity index (χ2v) is 10.3. The van der Waals surface area contributed by atoms with Gasteiger partial charge in [-0.25, -0.2) is 8.42 Å². The van der Waals surface area contributed by atoms with Crippen LogP contribution in [0.1, 0.15) is 30.2 Å². The van der Waals surface area contributed by atoms with Crippen molar-refractivity contribution in [3.63, 3.8) is 0 Å². The second-order valence-electron chi connectivity index (χ2n) is 7.93. The Morgan fingerprint density at radius 1 is 1.24 bits per heavy atom. The normalized spacial score (nSPS) is 15.4. The Balaban J connectivity index is 1.27. The van der Waals surface area contributed by atoms with Gasteiger partial charge in [0, 0.05) is 24.5 Å². The number of benzene rings is 2. The number of halogens is 4. The molecule has 184 valence electrons. The summed E-state index contributed by atoms with van der Waals surface area (Å²) < 4.78 is 71.1. The number of hydrogen-bond donors (Lipinski definition) is 4. The number of nitrogens with one attached hydrogen (secondary N) is 3. The van der Waals surface area contributed by atoms with Crippen LogP contribution in [0, 0.1) is 0 Å². The predicted octanol–water partition coefficient (Wildman–Crippen LogP) is 3.84. The van der Waals surface area contributed by atoms with Crippen molar-refractivity contribution in [1.29, 1.82) is 0 Å². The molecular formula is C21H22ClF3N4O4S. The van der Waals surface area contributed by atoms with Gasteiger partial charge in [0.2, 0.25) is 10.0 Å². The van der Waals surface area contributed by atoms with Crippen LogP contribution in [-0.4, -0.2) is 48.7 Å². The van der Waals surface area contributed by atoms with Crippen LogP contribution in [0.25, 0.3) is 10.9 Å². The number of sulfonamides is 1. The van der Waals surface area contributed by atoms with Gasteiger partial charge in [0.15, 0.2) is 0 Å². The highest BCUT2D eigenvalue weighted by molar-refractivity contribution is 7.93. The topological polar surface area (TPSA) is 116 Å². The molecule has 0 spiro atoms. The summed E-state index contributed by atoms with van der Waals surface area (Å²) in [5.74, 6) is 0.361. The molecule has 1 atom stereocenters. The lowest BCUT2D eigenvalue weighted by Gasteiger charge is -2.15. The minimum Gasteiger partial charge on any atom is -0.492 e. The fourth-order valence-electron chi connectivity index (χ4n) is 3.34. The first-order valence-electron chi connectivity index (χ1n) is 10.4. The van der Waals surface area contributed by atoms with Crippen molar-refractivity contribution in [1.82, 2.24) is 15.5 Å². The third-order valence-electron chi connectivity index (χ3n) is 5.29. The lowest BCUT2D eigenvalue weighted by molar-refractivity contribution is -0.139. The average Bonchev–Trinajstić information content (AvgIpc) is 3.54. The monoisotopic (exact) mass is 518 g/mol. The van der Waals surface area contributed by atoms with E-state index in [1.54, 1.807) is 6.07 Å². The van der Waals surface area contributed by atoms with Crippen molar-refractivity contribution in [2.24, 2.45) is 0 Å². The van der Waals surface area contributed by atoms with Gasteiger partial charge in [-0.1, -0.05) is 17.7 Å². The number of aliphatic hydroxyl groups excluding tert-OH is 1. The van der Waals surface area contributed by atoms with E-state index in [1.807, 2.05) is 5.10 Å². The standard InChI is InChI=1S/C21H22ClF3N4O4S/c22-16-6-1-12(9-18(16)29-34(31,32)14-3-4-14)19(30)11-26-7-8-33-13-2-5-15-17(10-13)27-28-20(15)21(23,24)25/h1-2,5-6,9-10,14,19,26,29-30H,3-4,7-8,11H2,(H,27,28)/t19-/m0/s1. The third-order valence-corrected chi connectivity index (χ3v) is 7.47. The molecule has 2 aromatic carbocycles. The maximum atomic E-state index is 12.9. The van der Waals surface area contributed by atoms with Crippen LogP contribution in [0.2, 0.25) is 5.02 Å². The van der Waals surface area contributed by atoms with Gasteiger partial charge in [-0.3, -0.25) is 9.82 Å². The van der Waals surface area contributed by atoms with Gasteiger partial charge in [-0.2, -0.15) is 18.3 Å². The molecule has 1 aliphatic carbocycles. The molecule has 1 aliphatic rings. The van der Waals surface area contributed by atoms with E-state index >= 15 is 0 Å². The Morgan fingerprint density at radius 3 is 2.71 bits per heavy atom. The van der Waals surface area contributed by atoms with Crippen molar-refractivity contribution in [3.05, 3.63) is 52.7 Å². The molecule has 4 N–H and O–H groups in total. The number of nitrogens with zero attached hydrogens (tertiary/aromatic N) is 1. The summed E-state index contributed by atoms with van der Waals surface area (Å²) in [6.45, 7) is 0.702. The van der Waals surface area contributed by atoms with Gasteiger partial charge >= 0.3 is 6.18 Å². The number of aromatic nitrogens is 2. The van der Waals surface area contributed by atoms with Crippen molar-refractivity contribution in [2.75, 3.05) is 24.4 Å². The zero-order valence-corrected chi connectivity index (χ0v) is 19.3. The molecule has 1 fully saturated rings. The molecule has 0 saturated heterocycles.